The summed E-state index contributed by atoms with van der Waals surface area (Å²) in [5, 5.41) is 9.08. The summed E-state index contributed by atoms with van der Waals surface area (Å²) in [5.74, 6) is -2.89. The van der Waals surface area contributed by atoms with Crippen LogP contribution >= 0.6 is 0 Å². The zero-order chi connectivity index (χ0) is 12.6. The van der Waals surface area contributed by atoms with Gasteiger partial charge in [0.15, 0.2) is 11.6 Å². The molecular weight excluding hydrogens is 222 g/mol. The molecule has 88 valence electrons. The van der Waals surface area contributed by atoms with E-state index >= 15 is 0 Å². The van der Waals surface area contributed by atoms with Crippen LogP contribution in [0.1, 0.15) is 11.1 Å². The summed E-state index contributed by atoms with van der Waals surface area (Å²) in [5.41, 5.74) is 2.72. The Morgan fingerprint density at radius 2 is 1.59 bits per heavy atom. The van der Waals surface area contributed by atoms with Crippen LogP contribution in [-0.2, 0) is 0 Å². The van der Waals surface area contributed by atoms with Crippen molar-refractivity contribution in [2.24, 2.45) is 0 Å². The van der Waals surface area contributed by atoms with Crippen LogP contribution in [0.4, 0.5) is 8.78 Å². The highest BCUT2D eigenvalue weighted by Gasteiger charge is 2.15. The van der Waals surface area contributed by atoms with Gasteiger partial charge in [0.25, 0.3) is 0 Å². The lowest BCUT2D eigenvalue weighted by molar-refractivity contribution is 0.408. The average molecular weight is 234 g/mol. The van der Waals surface area contributed by atoms with Gasteiger partial charge in [-0.05, 0) is 42.7 Å². The molecule has 0 aliphatic heterocycles. The Morgan fingerprint density at radius 3 is 2.29 bits per heavy atom. The number of aryl methyl sites for hydroxylation is 1. The Morgan fingerprint density at radius 1 is 0.882 bits per heavy atom. The number of hydrogen-bond acceptors (Lipinski definition) is 1. The minimum Gasteiger partial charge on any atom is -0.505 e. The van der Waals surface area contributed by atoms with Gasteiger partial charge in [-0.2, -0.15) is 4.39 Å². The van der Waals surface area contributed by atoms with E-state index < -0.39 is 17.4 Å². The maximum absolute atomic E-state index is 13.7. The molecule has 1 N–H and O–H groups in total. The summed E-state index contributed by atoms with van der Waals surface area (Å²) in [4.78, 5) is 0. The van der Waals surface area contributed by atoms with Crippen LogP contribution in [0, 0.1) is 25.5 Å². The monoisotopic (exact) mass is 234 g/mol. The van der Waals surface area contributed by atoms with Gasteiger partial charge in [-0.15, -0.1) is 0 Å². The summed E-state index contributed by atoms with van der Waals surface area (Å²) in [6, 6.07) is 7.98. The number of aromatic hydroxyl groups is 1. The van der Waals surface area contributed by atoms with Crippen molar-refractivity contribution in [1.82, 2.24) is 0 Å². The van der Waals surface area contributed by atoms with Crippen LogP contribution in [0.5, 0.6) is 5.75 Å². The molecule has 0 unspecified atom stereocenters. The van der Waals surface area contributed by atoms with Crippen LogP contribution in [0.2, 0.25) is 0 Å². The van der Waals surface area contributed by atoms with Gasteiger partial charge in [-0.3, -0.25) is 0 Å². The van der Waals surface area contributed by atoms with E-state index in [9.17, 15) is 8.78 Å². The minimum absolute atomic E-state index is 0.168. The van der Waals surface area contributed by atoms with E-state index in [4.69, 9.17) is 5.11 Å². The lowest BCUT2D eigenvalue weighted by Crippen LogP contribution is -1.93. The number of benzene rings is 2. The summed E-state index contributed by atoms with van der Waals surface area (Å²) < 4.78 is 27.0. The second-order valence-electron chi connectivity index (χ2n) is 4.01. The fourth-order valence-corrected chi connectivity index (χ4v) is 1.79. The van der Waals surface area contributed by atoms with Gasteiger partial charge in [0.1, 0.15) is 0 Å². The predicted molar refractivity (Wildman–Crippen MR) is 62.9 cm³/mol. The molecule has 0 aliphatic rings. The fraction of sp³-hybridized carbons (Fsp3) is 0.143. The first-order valence-corrected chi connectivity index (χ1v) is 5.26. The Balaban J connectivity index is 2.69. The van der Waals surface area contributed by atoms with E-state index in [0.717, 1.165) is 17.2 Å². The summed E-state index contributed by atoms with van der Waals surface area (Å²) in [6.45, 7) is 3.77. The third-order valence-electron chi connectivity index (χ3n) is 2.96. The van der Waals surface area contributed by atoms with Crippen molar-refractivity contribution >= 4 is 0 Å². The number of phenols is 1. The van der Waals surface area contributed by atoms with E-state index in [2.05, 4.69) is 0 Å². The Kier molecular flexibility index (Phi) is 2.84. The molecule has 0 bridgehead atoms. The second-order valence-corrected chi connectivity index (χ2v) is 4.01. The molecule has 2 rings (SSSR count). The molecule has 2 aromatic rings. The average Bonchev–Trinajstić information content (AvgIpc) is 2.31. The van der Waals surface area contributed by atoms with Crippen molar-refractivity contribution in [3.63, 3.8) is 0 Å². The summed E-state index contributed by atoms with van der Waals surface area (Å²) in [7, 11) is 0. The van der Waals surface area contributed by atoms with E-state index in [0.29, 0.717) is 5.56 Å². The van der Waals surface area contributed by atoms with Crippen molar-refractivity contribution < 1.29 is 13.9 Å². The van der Waals surface area contributed by atoms with Crippen molar-refractivity contribution in [3.05, 3.63) is 53.1 Å². The van der Waals surface area contributed by atoms with Gasteiger partial charge in [0.05, 0.1) is 0 Å². The third-order valence-corrected chi connectivity index (χ3v) is 2.96. The van der Waals surface area contributed by atoms with Crippen molar-refractivity contribution in [2.75, 3.05) is 0 Å². The predicted octanol–water partition coefficient (Wildman–Crippen LogP) is 3.95. The fourth-order valence-electron chi connectivity index (χ4n) is 1.79. The molecule has 0 saturated carbocycles. The zero-order valence-corrected chi connectivity index (χ0v) is 9.59. The number of halogens is 2. The molecule has 2 aromatic carbocycles. The highest BCUT2D eigenvalue weighted by Crippen LogP contribution is 2.31. The maximum atomic E-state index is 13.7. The standard InChI is InChI=1S/C14H12F2O/c1-8-4-3-5-10(9(8)2)11-6-7-12(17)14(16)13(11)15/h3-7,17H,1-2H3. The number of phenolic OH excluding ortho intramolecular Hbond substituents is 1. The Labute approximate surface area is 98.3 Å². The number of rotatable bonds is 1. The first kappa shape index (κ1) is 11.6. The lowest BCUT2D eigenvalue weighted by Gasteiger charge is -2.10. The highest BCUT2D eigenvalue weighted by atomic mass is 19.2. The van der Waals surface area contributed by atoms with Crippen molar-refractivity contribution in [1.29, 1.82) is 0 Å². The first-order valence-electron chi connectivity index (χ1n) is 5.26. The topological polar surface area (TPSA) is 20.2 Å². The van der Waals surface area contributed by atoms with Gasteiger partial charge in [-0.25, -0.2) is 4.39 Å². The SMILES string of the molecule is Cc1cccc(-c2ccc(O)c(F)c2F)c1C. The molecule has 3 heteroatoms. The first-order chi connectivity index (χ1) is 8.02. The largest absolute Gasteiger partial charge is 0.505 e. The molecule has 0 heterocycles. The molecule has 1 nitrogen and oxygen atoms in total. The molecule has 0 atom stereocenters. The van der Waals surface area contributed by atoms with Crippen LogP contribution in [0.15, 0.2) is 30.3 Å². The molecule has 0 amide bonds. The molecule has 0 aliphatic carbocycles. The second kappa shape index (κ2) is 4.17. The summed E-state index contributed by atoms with van der Waals surface area (Å²) >= 11 is 0. The third kappa shape index (κ3) is 1.88. The van der Waals surface area contributed by atoms with Crippen LogP contribution in [0.3, 0.4) is 0 Å². The van der Waals surface area contributed by atoms with Gasteiger partial charge in [-0.1, -0.05) is 18.2 Å². The van der Waals surface area contributed by atoms with Crippen molar-refractivity contribution in [3.8, 4) is 16.9 Å². The van der Waals surface area contributed by atoms with Crippen LogP contribution < -0.4 is 0 Å². The van der Waals surface area contributed by atoms with E-state index in [1.165, 1.54) is 6.07 Å². The van der Waals surface area contributed by atoms with Crippen molar-refractivity contribution in [2.45, 2.75) is 13.8 Å². The molecule has 0 aromatic heterocycles. The normalized spacial score (nSPS) is 10.6. The van der Waals surface area contributed by atoms with Gasteiger partial charge < -0.3 is 5.11 Å². The van der Waals surface area contributed by atoms with E-state index in [1.54, 1.807) is 12.1 Å². The Bertz CT molecular complexity index is 577. The Hall–Kier alpha value is -1.90. The quantitative estimate of drug-likeness (QED) is 0.792. The zero-order valence-electron chi connectivity index (χ0n) is 9.59. The van der Waals surface area contributed by atoms with E-state index in [1.807, 2.05) is 19.9 Å². The van der Waals surface area contributed by atoms with E-state index in [-0.39, 0.29) is 5.56 Å². The van der Waals surface area contributed by atoms with Gasteiger partial charge in [0, 0.05) is 5.56 Å². The van der Waals surface area contributed by atoms with Gasteiger partial charge >= 0.3 is 0 Å². The maximum Gasteiger partial charge on any atom is 0.200 e. The molecule has 0 spiro atoms. The number of hydrogen-bond donors (Lipinski definition) is 1. The smallest absolute Gasteiger partial charge is 0.200 e. The molecule has 17 heavy (non-hydrogen) atoms. The molecule has 0 fully saturated rings. The van der Waals surface area contributed by atoms with Gasteiger partial charge in [0.2, 0.25) is 5.82 Å². The molecule has 0 radical (unpaired) electrons. The molecular formula is C14H12F2O. The molecule has 0 saturated heterocycles. The minimum atomic E-state index is -1.21. The van der Waals surface area contributed by atoms with Crippen LogP contribution in [-0.4, -0.2) is 5.11 Å². The highest BCUT2D eigenvalue weighted by molar-refractivity contribution is 5.69. The lowest BCUT2D eigenvalue weighted by atomic mass is 9.96. The summed E-state index contributed by atoms with van der Waals surface area (Å²) in [6.07, 6.45) is 0. The van der Waals surface area contributed by atoms with Crippen LogP contribution in [0.25, 0.3) is 11.1 Å².